The minimum Gasteiger partial charge on any atom is -0.457 e. The zero-order chi connectivity index (χ0) is 39.6. The van der Waals surface area contributed by atoms with Crippen LogP contribution in [0.15, 0.2) is 24.3 Å². The highest BCUT2D eigenvalue weighted by molar-refractivity contribution is 7.47. The normalized spacial score (nSPS) is 14.2. The lowest BCUT2D eigenvalue weighted by atomic mass is 10.1. The number of aliphatic hydroxyl groups is 2. The number of ether oxygens (including phenoxy) is 2. The van der Waals surface area contributed by atoms with Crippen molar-refractivity contribution in [2.75, 3.05) is 33.0 Å². The molecule has 320 valence electrons. The van der Waals surface area contributed by atoms with Crippen LogP contribution in [0.2, 0.25) is 0 Å². The van der Waals surface area contributed by atoms with Crippen molar-refractivity contribution >= 4 is 13.8 Å². The van der Waals surface area contributed by atoms with Gasteiger partial charge in [-0.15, -0.1) is 0 Å². The van der Waals surface area contributed by atoms with Gasteiger partial charge in [0.25, 0.3) is 0 Å². The Morgan fingerprint density at radius 3 is 1.39 bits per heavy atom. The molecule has 0 radical (unpaired) electrons. The van der Waals surface area contributed by atoms with Crippen LogP contribution in [-0.4, -0.2) is 66.3 Å². The Morgan fingerprint density at radius 2 is 0.944 bits per heavy atom. The van der Waals surface area contributed by atoms with Crippen LogP contribution in [0, 0.1) is 0 Å². The second-order valence-corrected chi connectivity index (χ2v) is 16.5. The lowest BCUT2D eigenvalue weighted by molar-refractivity contribution is -0.154. The summed E-state index contributed by atoms with van der Waals surface area (Å²) < 4.78 is 33.4. The van der Waals surface area contributed by atoms with E-state index in [0.717, 1.165) is 64.2 Å². The summed E-state index contributed by atoms with van der Waals surface area (Å²) in [4.78, 5) is 22.6. The zero-order valence-electron chi connectivity index (χ0n) is 35.0. The van der Waals surface area contributed by atoms with Crippen LogP contribution >= 0.6 is 7.82 Å². The molecule has 3 atom stereocenters. The minimum atomic E-state index is -4.52. The highest BCUT2D eigenvalue weighted by Crippen LogP contribution is 2.43. The Kier molecular flexibility index (Phi) is 40.8. The lowest BCUT2D eigenvalue weighted by Crippen LogP contribution is -2.29. The molecule has 3 N–H and O–H groups in total. The summed E-state index contributed by atoms with van der Waals surface area (Å²) in [5.41, 5.74) is 0. The van der Waals surface area contributed by atoms with E-state index in [9.17, 15) is 19.4 Å². The summed E-state index contributed by atoms with van der Waals surface area (Å²) in [5, 5.41) is 18.3. The molecule has 0 spiro atoms. The average Bonchev–Trinajstić information content (AvgIpc) is 3.16. The van der Waals surface area contributed by atoms with Crippen molar-refractivity contribution in [3.63, 3.8) is 0 Å². The second-order valence-electron chi connectivity index (χ2n) is 15.1. The molecular formula is C44H85O9P. The molecule has 0 aromatic heterocycles. The monoisotopic (exact) mass is 789 g/mol. The third kappa shape index (κ3) is 40.6. The van der Waals surface area contributed by atoms with Gasteiger partial charge in [-0.25, -0.2) is 4.57 Å². The molecule has 0 fully saturated rings. The van der Waals surface area contributed by atoms with Gasteiger partial charge in [-0.1, -0.05) is 160 Å². The number of allylic oxidation sites excluding steroid dienone is 4. The van der Waals surface area contributed by atoms with Crippen molar-refractivity contribution in [1.29, 1.82) is 0 Å². The van der Waals surface area contributed by atoms with Crippen LogP contribution in [0.5, 0.6) is 0 Å². The number of carbonyl (C=O) groups excluding carboxylic acids is 1. The van der Waals surface area contributed by atoms with Crippen LogP contribution in [0.3, 0.4) is 0 Å². The molecule has 0 heterocycles. The molecular weight excluding hydrogens is 703 g/mol. The predicted molar refractivity (Wildman–Crippen MR) is 224 cm³/mol. The van der Waals surface area contributed by atoms with E-state index in [4.69, 9.17) is 23.6 Å². The maximum absolute atomic E-state index is 12.6. The Bertz CT molecular complexity index is 897. The van der Waals surface area contributed by atoms with Gasteiger partial charge in [0.1, 0.15) is 12.2 Å². The first kappa shape index (κ1) is 52.9. The van der Waals surface area contributed by atoms with E-state index in [-0.39, 0.29) is 19.6 Å². The quantitative estimate of drug-likeness (QED) is 0.0239. The Balaban J connectivity index is 4.17. The Labute approximate surface area is 332 Å². The van der Waals surface area contributed by atoms with E-state index in [2.05, 4.69) is 38.2 Å². The van der Waals surface area contributed by atoms with Crippen molar-refractivity contribution in [2.24, 2.45) is 0 Å². The first-order valence-electron chi connectivity index (χ1n) is 22.3. The minimum absolute atomic E-state index is 0.0443. The number of carbonyl (C=O) groups is 1. The number of esters is 1. The Hall–Kier alpha value is -1.06. The SMILES string of the molecule is CCCCCCCCC/C=C\CCCCCCCCOCC(COP(=O)(O)OCC(O)CO)OC(=O)CCCCCCC/C=C\CCCCCCCCC. The Morgan fingerprint density at radius 1 is 0.556 bits per heavy atom. The number of phosphoric acid groups is 1. The van der Waals surface area contributed by atoms with E-state index >= 15 is 0 Å². The molecule has 0 aliphatic carbocycles. The largest absolute Gasteiger partial charge is 0.472 e. The number of phosphoric ester groups is 1. The number of unbranched alkanes of at least 4 members (excludes halogenated alkanes) is 25. The fourth-order valence-electron chi connectivity index (χ4n) is 6.17. The molecule has 3 unspecified atom stereocenters. The summed E-state index contributed by atoms with van der Waals surface area (Å²) in [6.07, 6.45) is 42.7. The molecule has 10 heteroatoms. The number of aliphatic hydroxyl groups excluding tert-OH is 2. The molecule has 0 aromatic rings. The lowest BCUT2D eigenvalue weighted by Gasteiger charge is -2.20. The number of hydrogen-bond acceptors (Lipinski definition) is 8. The molecule has 0 saturated heterocycles. The first-order valence-corrected chi connectivity index (χ1v) is 23.8. The van der Waals surface area contributed by atoms with Crippen molar-refractivity contribution in [3.8, 4) is 0 Å². The van der Waals surface area contributed by atoms with Gasteiger partial charge in [0.05, 0.1) is 26.4 Å². The summed E-state index contributed by atoms with van der Waals surface area (Å²) in [6.45, 7) is 3.51. The maximum atomic E-state index is 12.6. The summed E-state index contributed by atoms with van der Waals surface area (Å²) in [7, 11) is -4.52. The van der Waals surface area contributed by atoms with E-state index in [1.54, 1.807) is 0 Å². The smallest absolute Gasteiger partial charge is 0.457 e. The van der Waals surface area contributed by atoms with Crippen molar-refractivity contribution < 1.29 is 43.0 Å². The van der Waals surface area contributed by atoms with Gasteiger partial charge in [-0.05, 0) is 64.2 Å². The molecule has 0 aromatic carbocycles. The van der Waals surface area contributed by atoms with Crippen LogP contribution in [-0.2, 0) is 27.9 Å². The van der Waals surface area contributed by atoms with Gasteiger partial charge in [0.15, 0.2) is 0 Å². The molecule has 0 bridgehead atoms. The standard InChI is InChI=1S/C44H85O9P/c1-3-5-7-9-11-13-15-17-19-21-23-25-27-29-31-33-35-37-50-40-43(41-52-54(48,49)51-39-42(46)38-45)53-44(47)36-34-32-30-28-26-24-22-20-18-16-14-12-10-8-6-4-2/h19-22,42-43,45-46H,3-18,23-41H2,1-2H3,(H,48,49)/b21-19-,22-20-. The number of hydrogen-bond donors (Lipinski definition) is 3. The van der Waals surface area contributed by atoms with E-state index in [1.807, 2.05) is 0 Å². The topological polar surface area (TPSA) is 132 Å². The van der Waals surface area contributed by atoms with Gasteiger partial charge < -0.3 is 24.6 Å². The second kappa shape index (κ2) is 41.6. The molecule has 0 aliphatic rings. The third-order valence-electron chi connectivity index (χ3n) is 9.61. The highest BCUT2D eigenvalue weighted by Gasteiger charge is 2.26. The van der Waals surface area contributed by atoms with Gasteiger partial charge in [0.2, 0.25) is 0 Å². The van der Waals surface area contributed by atoms with Gasteiger partial charge in [-0.2, -0.15) is 0 Å². The van der Waals surface area contributed by atoms with Crippen LogP contribution in [0.25, 0.3) is 0 Å². The fraction of sp³-hybridized carbons (Fsp3) is 0.886. The molecule has 0 aliphatic heterocycles. The van der Waals surface area contributed by atoms with E-state index in [1.165, 1.54) is 122 Å². The van der Waals surface area contributed by atoms with Crippen LogP contribution in [0.4, 0.5) is 0 Å². The van der Waals surface area contributed by atoms with Gasteiger partial charge >= 0.3 is 13.8 Å². The van der Waals surface area contributed by atoms with Crippen molar-refractivity contribution in [3.05, 3.63) is 24.3 Å². The average molecular weight is 789 g/mol. The highest BCUT2D eigenvalue weighted by atomic mass is 31.2. The molecule has 54 heavy (non-hydrogen) atoms. The molecule has 0 rings (SSSR count). The van der Waals surface area contributed by atoms with Gasteiger partial charge in [0, 0.05) is 13.0 Å². The van der Waals surface area contributed by atoms with Crippen molar-refractivity contribution in [2.45, 2.75) is 219 Å². The van der Waals surface area contributed by atoms with E-state index < -0.39 is 39.2 Å². The first-order chi connectivity index (χ1) is 26.3. The summed E-state index contributed by atoms with van der Waals surface area (Å²) in [5.74, 6) is -0.391. The summed E-state index contributed by atoms with van der Waals surface area (Å²) >= 11 is 0. The molecule has 0 amide bonds. The summed E-state index contributed by atoms with van der Waals surface area (Å²) in [6, 6.07) is 0. The van der Waals surface area contributed by atoms with Crippen LogP contribution in [0.1, 0.15) is 206 Å². The van der Waals surface area contributed by atoms with Crippen molar-refractivity contribution in [1.82, 2.24) is 0 Å². The van der Waals surface area contributed by atoms with E-state index in [0.29, 0.717) is 6.61 Å². The predicted octanol–water partition coefficient (Wildman–Crippen LogP) is 12.3. The maximum Gasteiger partial charge on any atom is 0.472 e. The van der Waals surface area contributed by atoms with Gasteiger partial charge in [-0.3, -0.25) is 13.8 Å². The molecule has 0 saturated carbocycles. The van der Waals surface area contributed by atoms with Crippen LogP contribution < -0.4 is 0 Å². The zero-order valence-corrected chi connectivity index (χ0v) is 35.8. The molecule has 9 nitrogen and oxygen atoms in total. The number of rotatable bonds is 43. The fourth-order valence-corrected chi connectivity index (χ4v) is 6.96. The third-order valence-corrected chi connectivity index (χ3v) is 10.6.